The van der Waals surface area contributed by atoms with E-state index in [1.165, 1.54) is 0 Å². The van der Waals surface area contributed by atoms with Gasteiger partial charge in [-0.3, -0.25) is 14.6 Å². The van der Waals surface area contributed by atoms with Crippen LogP contribution in [-0.2, 0) is 62.6 Å². The Bertz CT molecular complexity index is 2000. The molecule has 0 amide bonds. The van der Waals surface area contributed by atoms with E-state index in [1.54, 1.807) is 20.0 Å². The third kappa shape index (κ3) is 10.3. The molecule has 51 heavy (non-hydrogen) atoms. The Balaban J connectivity index is 1.45. The Morgan fingerprint density at radius 2 is 1.41 bits per heavy atom. The van der Waals surface area contributed by atoms with E-state index in [0.717, 1.165) is 38.9 Å². The van der Waals surface area contributed by atoms with Gasteiger partial charge in [-0.1, -0.05) is 36.4 Å². The number of para-hydroxylation sites is 2. The molecule has 5 aromatic rings. The van der Waals surface area contributed by atoms with Crippen LogP contribution < -0.4 is 14.2 Å². The lowest BCUT2D eigenvalue weighted by molar-refractivity contribution is -0.143. The third-order valence-corrected chi connectivity index (χ3v) is 9.30. The number of nitrogens with one attached hydrogen (secondary N) is 1. The number of nitrogens with zero attached hydrogens (tertiary/aromatic N) is 1. The maximum atomic E-state index is 12.7. The zero-order valence-electron chi connectivity index (χ0n) is 29.7. The van der Waals surface area contributed by atoms with Gasteiger partial charge >= 0.3 is 11.9 Å². The number of hydrogen-bond donors (Lipinski definition) is 1. The summed E-state index contributed by atoms with van der Waals surface area (Å²) in [6.07, 6.45) is 1.93. The number of carbonyl (C=O) groups is 2. The van der Waals surface area contributed by atoms with Crippen LogP contribution in [0.5, 0.6) is 11.5 Å². The van der Waals surface area contributed by atoms with Crippen LogP contribution in [-0.4, -0.2) is 39.1 Å². The van der Waals surface area contributed by atoms with Crippen molar-refractivity contribution in [2.75, 3.05) is 13.2 Å². The summed E-state index contributed by atoms with van der Waals surface area (Å²) in [4.78, 5) is 28.9. The molecule has 11 heteroatoms. The summed E-state index contributed by atoms with van der Waals surface area (Å²) >= 11 is 0. The standard InChI is InChI=1S/C40H44N2O8S/c1-6-46-37(43)22-29-12-8-10-14-35(29)48-25-27-18-31-21-33(26-49-36-15-11-9-13-30(36)23-38(44)47-7-2)50-39(31)34(19-27)28-16-17-41-32(20-28)24-42-51(45)40(3,4)5/h8-21,42H,6-7,22-26H2,1-5H3. The molecule has 3 aromatic carbocycles. The fraction of sp³-hybridized carbons (Fsp3) is 0.325. The number of carbonyl (C=O) groups excluding carboxylic acids is 2. The highest BCUT2D eigenvalue weighted by molar-refractivity contribution is 7.84. The van der Waals surface area contributed by atoms with Crippen molar-refractivity contribution < 1.29 is 37.2 Å². The highest BCUT2D eigenvalue weighted by Crippen LogP contribution is 2.34. The van der Waals surface area contributed by atoms with Crippen LogP contribution in [0, 0.1) is 0 Å². The van der Waals surface area contributed by atoms with Crippen molar-refractivity contribution in [3.63, 3.8) is 0 Å². The smallest absolute Gasteiger partial charge is 0.310 e. The van der Waals surface area contributed by atoms with Crippen LogP contribution in [0.1, 0.15) is 62.8 Å². The molecule has 0 saturated heterocycles. The lowest BCUT2D eigenvalue weighted by atomic mass is 10.0. The maximum Gasteiger partial charge on any atom is 0.310 e. The molecule has 0 spiro atoms. The second-order valence-electron chi connectivity index (χ2n) is 12.8. The first-order valence-corrected chi connectivity index (χ1v) is 18.1. The molecule has 5 rings (SSSR count). The molecule has 1 atom stereocenters. The second kappa shape index (κ2) is 17.3. The first-order valence-electron chi connectivity index (χ1n) is 16.9. The van der Waals surface area contributed by atoms with Crippen molar-refractivity contribution in [2.45, 2.75) is 72.0 Å². The van der Waals surface area contributed by atoms with E-state index in [0.29, 0.717) is 42.6 Å². The number of esters is 2. The number of fused-ring (bicyclic) bond motifs is 1. The molecular weight excluding hydrogens is 669 g/mol. The fourth-order valence-electron chi connectivity index (χ4n) is 5.36. The average Bonchev–Trinajstić information content (AvgIpc) is 3.52. The van der Waals surface area contributed by atoms with E-state index in [4.69, 9.17) is 23.4 Å². The zero-order chi connectivity index (χ0) is 36.4. The lowest BCUT2D eigenvalue weighted by Gasteiger charge is -2.18. The van der Waals surface area contributed by atoms with E-state index in [1.807, 2.05) is 99.6 Å². The van der Waals surface area contributed by atoms with Gasteiger partial charge in [0.15, 0.2) is 0 Å². The first-order chi connectivity index (χ1) is 24.5. The summed E-state index contributed by atoms with van der Waals surface area (Å²) in [6.45, 7) is 10.6. The van der Waals surface area contributed by atoms with Crippen LogP contribution in [0.2, 0.25) is 0 Å². The second-order valence-corrected chi connectivity index (χ2v) is 14.8. The van der Waals surface area contributed by atoms with Gasteiger partial charge in [0, 0.05) is 28.3 Å². The van der Waals surface area contributed by atoms with Crippen LogP contribution in [0.3, 0.4) is 0 Å². The van der Waals surface area contributed by atoms with E-state index in [9.17, 15) is 13.8 Å². The highest BCUT2D eigenvalue weighted by atomic mass is 32.2. The lowest BCUT2D eigenvalue weighted by Crippen LogP contribution is -2.33. The molecule has 0 aliphatic carbocycles. The van der Waals surface area contributed by atoms with E-state index >= 15 is 0 Å². The van der Waals surface area contributed by atoms with E-state index < -0.39 is 15.7 Å². The minimum atomic E-state index is -1.26. The molecule has 0 fully saturated rings. The number of ether oxygens (including phenoxy) is 4. The van der Waals surface area contributed by atoms with Crippen molar-refractivity contribution in [2.24, 2.45) is 0 Å². The Hall–Kier alpha value is -5.00. The van der Waals surface area contributed by atoms with Gasteiger partial charge in [-0.05, 0) is 88.2 Å². The SMILES string of the molecule is CCOC(=O)Cc1ccccc1OCc1cc(-c2ccnc(CNS(=O)C(C)(C)C)c2)c2oc(COc3ccccc3CC(=O)OCC)cc2c1. The normalized spacial score (nSPS) is 12.0. The Labute approximate surface area is 301 Å². The van der Waals surface area contributed by atoms with Crippen molar-refractivity contribution in [3.8, 4) is 22.6 Å². The summed E-state index contributed by atoms with van der Waals surface area (Å²) in [5, 5.41) is 0.842. The minimum absolute atomic E-state index is 0.100. The van der Waals surface area contributed by atoms with Crippen molar-refractivity contribution in [1.82, 2.24) is 9.71 Å². The Kier molecular flexibility index (Phi) is 12.6. The number of pyridine rings is 1. The van der Waals surface area contributed by atoms with Crippen LogP contribution in [0.4, 0.5) is 0 Å². The molecule has 1 N–H and O–H groups in total. The molecule has 1 unspecified atom stereocenters. The maximum absolute atomic E-state index is 12.7. The summed E-state index contributed by atoms with van der Waals surface area (Å²) in [5.74, 6) is 1.12. The molecule has 0 saturated carbocycles. The van der Waals surface area contributed by atoms with Gasteiger partial charge < -0.3 is 23.4 Å². The summed E-state index contributed by atoms with van der Waals surface area (Å²) in [5.41, 5.74) is 5.40. The number of benzene rings is 3. The molecule has 0 bridgehead atoms. The average molecular weight is 713 g/mol. The number of aromatic nitrogens is 1. The quantitative estimate of drug-likeness (QED) is 0.104. The van der Waals surface area contributed by atoms with Gasteiger partial charge in [0.05, 0.1) is 54.0 Å². The zero-order valence-corrected chi connectivity index (χ0v) is 30.5. The van der Waals surface area contributed by atoms with Crippen LogP contribution in [0.15, 0.2) is 89.5 Å². The molecule has 0 radical (unpaired) electrons. The van der Waals surface area contributed by atoms with Crippen molar-refractivity contribution >= 4 is 33.9 Å². The predicted molar refractivity (Wildman–Crippen MR) is 196 cm³/mol. The summed E-state index contributed by atoms with van der Waals surface area (Å²) in [7, 11) is -1.26. The largest absolute Gasteiger partial charge is 0.489 e. The van der Waals surface area contributed by atoms with Gasteiger partial charge in [-0.15, -0.1) is 0 Å². The van der Waals surface area contributed by atoms with Gasteiger partial charge in [0.1, 0.15) is 36.1 Å². The molecule has 0 aliphatic heterocycles. The van der Waals surface area contributed by atoms with Crippen LogP contribution in [0.25, 0.3) is 22.1 Å². The molecular formula is C40H44N2O8S. The van der Waals surface area contributed by atoms with E-state index in [-0.39, 0.29) is 38.0 Å². The van der Waals surface area contributed by atoms with Gasteiger partial charge in [0.2, 0.25) is 0 Å². The van der Waals surface area contributed by atoms with Crippen LogP contribution >= 0.6 is 0 Å². The Morgan fingerprint density at radius 1 is 0.804 bits per heavy atom. The number of hydrogen-bond acceptors (Lipinski definition) is 9. The summed E-state index contributed by atoms with van der Waals surface area (Å²) in [6, 6.07) is 24.6. The van der Waals surface area contributed by atoms with Crippen molar-refractivity contribution in [3.05, 3.63) is 113 Å². The number of furan rings is 1. The van der Waals surface area contributed by atoms with Gasteiger partial charge in [-0.25, -0.2) is 8.93 Å². The van der Waals surface area contributed by atoms with Gasteiger partial charge in [-0.2, -0.15) is 0 Å². The third-order valence-electron chi connectivity index (χ3n) is 7.78. The van der Waals surface area contributed by atoms with E-state index in [2.05, 4.69) is 9.71 Å². The topological polar surface area (TPSA) is 126 Å². The monoisotopic (exact) mass is 712 g/mol. The molecule has 0 aliphatic rings. The minimum Gasteiger partial charge on any atom is -0.489 e. The molecule has 10 nitrogen and oxygen atoms in total. The molecule has 2 heterocycles. The molecule has 268 valence electrons. The highest BCUT2D eigenvalue weighted by Gasteiger charge is 2.20. The molecule has 2 aromatic heterocycles. The van der Waals surface area contributed by atoms with Gasteiger partial charge in [0.25, 0.3) is 0 Å². The Morgan fingerprint density at radius 3 is 2.02 bits per heavy atom. The van der Waals surface area contributed by atoms with Crippen molar-refractivity contribution in [1.29, 1.82) is 0 Å². The predicted octanol–water partition coefficient (Wildman–Crippen LogP) is 7.42. The first kappa shape index (κ1) is 37.3. The summed E-state index contributed by atoms with van der Waals surface area (Å²) < 4.78 is 44.5. The fourth-order valence-corrected chi connectivity index (χ4v) is 6.07. The number of rotatable bonds is 16.